The molecule has 0 rings (SSSR count). The van der Waals surface area contributed by atoms with Gasteiger partial charge in [0.25, 0.3) is 0 Å². The first-order chi connectivity index (χ1) is 2.77. The third-order valence-corrected chi connectivity index (χ3v) is 3.32. The number of rotatable bonds is 1. The summed E-state index contributed by atoms with van der Waals surface area (Å²) in [6.07, 6.45) is 0. The molecular weight excluding hydrogens is 156 g/mol. The molecule has 0 spiro atoms. The first kappa shape index (κ1) is 6.57. The Balaban J connectivity index is 3.14. The molecule has 0 radical (unpaired) electrons. The van der Waals surface area contributed by atoms with Gasteiger partial charge in [0.2, 0.25) is 0 Å². The van der Waals surface area contributed by atoms with Gasteiger partial charge in [0.15, 0.2) is 0 Å². The van der Waals surface area contributed by atoms with Gasteiger partial charge >= 0.3 is 48.8 Å². The second-order valence-electron chi connectivity index (χ2n) is 1.44. The Kier molecular flexibility index (Phi) is 4.11. The van der Waals surface area contributed by atoms with Crippen LogP contribution in [0.25, 0.3) is 0 Å². The SMILES string of the molecule is CC(C)=[CH][GeH2][Cl]. The molecule has 0 bridgehead atoms. The van der Waals surface area contributed by atoms with E-state index in [9.17, 15) is 0 Å². The first-order valence-electron chi connectivity index (χ1n) is 1.96. The van der Waals surface area contributed by atoms with Gasteiger partial charge < -0.3 is 0 Å². The van der Waals surface area contributed by atoms with Crippen LogP contribution in [0.15, 0.2) is 10.5 Å². The minimum absolute atomic E-state index is 0.661. The fraction of sp³-hybridized carbons (Fsp3) is 0.500. The van der Waals surface area contributed by atoms with Crippen LogP contribution in [0.4, 0.5) is 0 Å². The summed E-state index contributed by atoms with van der Waals surface area (Å²) in [7, 11) is 5.51. The van der Waals surface area contributed by atoms with Crippen molar-refractivity contribution >= 4 is 24.5 Å². The topological polar surface area (TPSA) is 0 Å². The molecule has 0 aliphatic rings. The summed E-state index contributed by atoms with van der Waals surface area (Å²) in [5, 5.41) is 0. The molecular formula is C4H9ClGe. The maximum atomic E-state index is 5.51. The van der Waals surface area contributed by atoms with Crippen LogP contribution in [0.5, 0.6) is 0 Å². The van der Waals surface area contributed by atoms with Gasteiger partial charge in [-0.3, -0.25) is 0 Å². The average molecular weight is 165 g/mol. The molecule has 0 nitrogen and oxygen atoms in total. The Morgan fingerprint density at radius 1 is 1.67 bits per heavy atom. The molecule has 0 unspecified atom stereocenters. The van der Waals surface area contributed by atoms with Gasteiger partial charge in [0, 0.05) is 0 Å². The summed E-state index contributed by atoms with van der Waals surface area (Å²) in [4.78, 5) is 2.16. The van der Waals surface area contributed by atoms with E-state index in [1.165, 1.54) is 5.57 Å². The predicted octanol–water partition coefficient (Wildman–Crippen LogP) is 1.23. The van der Waals surface area contributed by atoms with Gasteiger partial charge in [-0.05, 0) is 0 Å². The van der Waals surface area contributed by atoms with E-state index in [4.69, 9.17) is 10.0 Å². The zero-order chi connectivity index (χ0) is 4.99. The summed E-state index contributed by atoms with van der Waals surface area (Å²) >= 11 is -0.661. The molecule has 0 N–H and O–H groups in total. The summed E-state index contributed by atoms with van der Waals surface area (Å²) in [5.74, 6) is 0. The third-order valence-electron chi connectivity index (χ3n) is 0.485. The molecule has 36 valence electrons. The molecule has 0 saturated carbocycles. The summed E-state index contributed by atoms with van der Waals surface area (Å²) in [6.45, 7) is 4.15. The van der Waals surface area contributed by atoms with Crippen molar-refractivity contribution in [2.75, 3.05) is 0 Å². The van der Waals surface area contributed by atoms with E-state index in [-0.39, 0.29) is 0 Å². The molecule has 0 aromatic heterocycles. The predicted molar refractivity (Wildman–Crippen MR) is 33.8 cm³/mol. The van der Waals surface area contributed by atoms with E-state index in [0.29, 0.717) is 0 Å². The van der Waals surface area contributed by atoms with Crippen molar-refractivity contribution in [2.24, 2.45) is 0 Å². The zero-order valence-electron chi connectivity index (χ0n) is 4.16. The quantitative estimate of drug-likeness (QED) is 0.513. The minimum atomic E-state index is -0.661. The fourth-order valence-electron chi connectivity index (χ4n) is 0.154. The average Bonchev–Trinajstić information content (AvgIpc) is 1.35. The molecule has 0 amide bonds. The first-order valence-corrected chi connectivity index (χ1v) is 7.58. The molecule has 0 aliphatic heterocycles. The van der Waals surface area contributed by atoms with Crippen molar-refractivity contribution in [3.05, 3.63) is 10.5 Å². The van der Waals surface area contributed by atoms with E-state index in [1.807, 2.05) is 0 Å². The van der Waals surface area contributed by atoms with E-state index >= 15 is 0 Å². The van der Waals surface area contributed by atoms with Crippen LogP contribution in [0, 0.1) is 0 Å². The van der Waals surface area contributed by atoms with Crippen LogP contribution < -0.4 is 0 Å². The molecule has 6 heavy (non-hydrogen) atoms. The molecule has 0 aromatic carbocycles. The van der Waals surface area contributed by atoms with Crippen molar-refractivity contribution in [3.63, 3.8) is 0 Å². The second kappa shape index (κ2) is 3.75. The molecule has 0 atom stereocenters. The van der Waals surface area contributed by atoms with Crippen molar-refractivity contribution in [1.29, 1.82) is 0 Å². The van der Waals surface area contributed by atoms with Crippen LogP contribution in [-0.2, 0) is 0 Å². The van der Waals surface area contributed by atoms with E-state index in [2.05, 4.69) is 18.8 Å². The van der Waals surface area contributed by atoms with E-state index < -0.39 is 14.5 Å². The summed E-state index contributed by atoms with van der Waals surface area (Å²) in [5.41, 5.74) is 1.37. The van der Waals surface area contributed by atoms with Gasteiger partial charge in [0.05, 0.1) is 0 Å². The normalized spacial score (nSPS) is 9.83. The number of hydrogen-bond donors (Lipinski definition) is 0. The monoisotopic (exact) mass is 166 g/mol. The molecule has 2 heteroatoms. The van der Waals surface area contributed by atoms with Gasteiger partial charge in [0.1, 0.15) is 0 Å². The van der Waals surface area contributed by atoms with Crippen molar-refractivity contribution in [1.82, 2.24) is 0 Å². The van der Waals surface area contributed by atoms with E-state index in [1.54, 1.807) is 0 Å². The van der Waals surface area contributed by atoms with Crippen LogP contribution in [0.2, 0.25) is 0 Å². The molecule has 0 aromatic rings. The summed E-state index contributed by atoms with van der Waals surface area (Å²) < 4.78 is 0. The van der Waals surface area contributed by atoms with Crippen LogP contribution in [0.1, 0.15) is 13.8 Å². The molecule has 0 fully saturated rings. The Bertz CT molecular complexity index is 54.6. The number of allylic oxidation sites excluding steroid dienone is 1. The van der Waals surface area contributed by atoms with Gasteiger partial charge in [-0.2, -0.15) is 0 Å². The zero-order valence-corrected chi connectivity index (χ0v) is 7.89. The number of hydrogen-bond acceptors (Lipinski definition) is 0. The molecule has 0 aliphatic carbocycles. The fourth-order valence-corrected chi connectivity index (χ4v) is 2.41. The third kappa shape index (κ3) is 4.57. The van der Waals surface area contributed by atoms with E-state index in [0.717, 1.165) is 0 Å². The Morgan fingerprint density at radius 3 is 2.17 bits per heavy atom. The van der Waals surface area contributed by atoms with Crippen LogP contribution in [0.3, 0.4) is 0 Å². The standard InChI is InChI=1S/C4H9ClGe/c1-4(2)3-6-5/h3H,6H2,1-2H3. The Morgan fingerprint density at radius 2 is 2.17 bits per heavy atom. The Hall–Kier alpha value is 0.573. The van der Waals surface area contributed by atoms with Gasteiger partial charge in [-0.25, -0.2) is 0 Å². The Labute approximate surface area is 49.2 Å². The molecule has 0 saturated heterocycles. The summed E-state index contributed by atoms with van der Waals surface area (Å²) in [6, 6.07) is 0. The van der Waals surface area contributed by atoms with Gasteiger partial charge in [-0.1, -0.05) is 0 Å². The second-order valence-corrected chi connectivity index (χ2v) is 4.54. The van der Waals surface area contributed by atoms with Crippen LogP contribution in [-0.4, -0.2) is 14.5 Å². The van der Waals surface area contributed by atoms with Crippen molar-refractivity contribution < 1.29 is 0 Å². The number of halogens is 1. The van der Waals surface area contributed by atoms with Gasteiger partial charge in [-0.15, -0.1) is 0 Å². The van der Waals surface area contributed by atoms with Crippen LogP contribution >= 0.6 is 10.0 Å². The molecule has 0 heterocycles. The van der Waals surface area contributed by atoms with Crippen molar-refractivity contribution in [2.45, 2.75) is 13.8 Å². The maximum absolute atomic E-state index is 5.51. The van der Waals surface area contributed by atoms with Crippen molar-refractivity contribution in [3.8, 4) is 0 Å².